The summed E-state index contributed by atoms with van der Waals surface area (Å²) in [6.07, 6.45) is 0.0138. The van der Waals surface area contributed by atoms with E-state index in [9.17, 15) is 13.6 Å². The molecular formula is C15H20F2N2O2. The molecule has 0 bridgehead atoms. The predicted octanol–water partition coefficient (Wildman–Crippen LogP) is 2.79. The normalized spacial score (nSPS) is 18.2. The molecule has 0 aliphatic heterocycles. The smallest absolute Gasteiger partial charge is 0.248 e. The number of rotatable bonds is 5. The molecule has 0 unspecified atom stereocenters. The van der Waals surface area contributed by atoms with E-state index < -0.39 is 5.92 Å². The lowest BCUT2D eigenvalue weighted by Gasteiger charge is -2.27. The summed E-state index contributed by atoms with van der Waals surface area (Å²) < 4.78 is 31.5. The van der Waals surface area contributed by atoms with E-state index in [1.165, 1.54) is 0 Å². The van der Waals surface area contributed by atoms with E-state index in [-0.39, 0.29) is 37.5 Å². The number of hydrogen-bond acceptors (Lipinski definition) is 3. The second kappa shape index (κ2) is 6.85. The van der Waals surface area contributed by atoms with Crippen molar-refractivity contribution in [1.29, 1.82) is 0 Å². The molecule has 0 heterocycles. The third kappa shape index (κ3) is 4.67. The van der Waals surface area contributed by atoms with Crippen molar-refractivity contribution < 1.29 is 18.3 Å². The Kier molecular flexibility index (Phi) is 5.12. The van der Waals surface area contributed by atoms with Gasteiger partial charge < -0.3 is 15.8 Å². The topological polar surface area (TPSA) is 64.3 Å². The summed E-state index contributed by atoms with van der Waals surface area (Å²) in [6.45, 7) is 0.808. The van der Waals surface area contributed by atoms with Gasteiger partial charge in [0.15, 0.2) is 0 Å². The van der Waals surface area contributed by atoms with E-state index in [2.05, 4.69) is 5.32 Å². The predicted molar refractivity (Wildman–Crippen MR) is 76.5 cm³/mol. The number of carbonyl (C=O) groups is 1. The molecule has 2 rings (SSSR count). The van der Waals surface area contributed by atoms with Crippen LogP contribution in [-0.4, -0.2) is 25.0 Å². The minimum atomic E-state index is -2.62. The van der Waals surface area contributed by atoms with Crippen LogP contribution in [0.15, 0.2) is 24.3 Å². The Labute approximate surface area is 122 Å². The molecule has 1 amide bonds. The molecule has 0 atom stereocenters. The van der Waals surface area contributed by atoms with Crippen LogP contribution in [0.5, 0.6) is 5.75 Å². The van der Waals surface area contributed by atoms with Crippen molar-refractivity contribution in [3.8, 4) is 5.75 Å². The first kappa shape index (κ1) is 15.7. The molecule has 1 aromatic carbocycles. The number of hydrogen-bond donors (Lipinski definition) is 2. The summed E-state index contributed by atoms with van der Waals surface area (Å²) in [5.41, 5.74) is 5.96. The van der Waals surface area contributed by atoms with Gasteiger partial charge >= 0.3 is 0 Å². The maximum absolute atomic E-state index is 13.1. The Morgan fingerprint density at radius 1 is 1.38 bits per heavy atom. The van der Waals surface area contributed by atoms with Crippen LogP contribution in [0.1, 0.15) is 25.7 Å². The molecule has 3 N–H and O–H groups in total. The zero-order valence-electron chi connectivity index (χ0n) is 11.8. The number of anilines is 1. The van der Waals surface area contributed by atoms with Gasteiger partial charge in [0.1, 0.15) is 12.4 Å². The first-order valence-electron chi connectivity index (χ1n) is 7.12. The van der Waals surface area contributed by atoms with E-state index in [1.54, 1.807) is 24.3 Å². The van der Waals surface area contributed by atoms with Gasteiger partial charge in [0, 0.05) is 37.1 Å². The SMILES string of the molecule is NCCOc1cccc(NC(=O)C2CCC(F)(F)CC2)c1. The van der Waals surface area contributed by atoms with E-state index in [1.807, 2.05) is 0 Å². The average molecular weight is 298 g/mol. The van der Waals surface area contributed by atoms with Crippen LogP contribution in [0.4, 0.5) is 14.5 Å². The highest BCUT2D eigenvalue weighted by atomic mass is 19.3. The highest BCUT2D eigenvalue weighted by Gasteiger charge is 2.37. The zero-order chi connectivity index (χ0) is 15.3. The van der Waals surface area contributed by atoms with Gasteiger partial charge in [0.25, 0.3) is 0 Å². The summed E-state index contributed by atoms with van der Waals surface area (Å²) in [4.78, 5) is 12.1. The van der Waals surface area contributed by atoms with Gasteiger partial charge in [-0.1, -0.05) is 6.07 Å². The number of halogens is 2. The van der Waals surface area contributed by atoms with E-state index in [0.717, 1.165) is 0 Å². The summed E-state index contributed by atoms with van der Waals surface area (Å²) in [5, 5.41) is 2.76. The van der Waals surface area contributed by atoms with Gasteiger partial charge in [0.2, 0.25) is 11.8 Å². The fraction of sp³-hybridized carbons (Fsp3) is 0.533. The van der Waals surface area contributed by atoms with Crippen LogP contribution in [-0.2, 0) is 4.79 Å². The van der Waals surface area contributed by atoms with Crippen LogP contribution >= 0.6 is 0 Å². The Balaban J connectivity index is 1.90. The van der Waals surface area contributed by atoms with Crippen molar-refractivity contribution >= 4 is 11.6 Å². The Hall–Kier alpha value is -1.69. The van der Waals surface area contributed by atoms with Crippen LogP contribution in [0.2, 0.25) is 0 Å². The van der Waals surface area contributed by atoms with Crippen LogP contribution in [0.3, 0.4) is 0 Å². The molecule has 6 heteroatoms. The minimum Gasteiger partial charge on any atom is -0.492 e. The highest BCUT2D eigenvalue weighted by molar-refractivity contribution is 5.92. The number of ether oxygens (including phenoxy) is 1. The molecule has 1 saturated carbocycles. The van der Waals surface area contributed by atoms with Crippen LogP contribution in [0.25, 0.3) is 0 Å². The molecule has 0 aromatic heterocycles. The molecule has 1 aliphatic rings. The average Bonchev–Trinajstić information content (AvgIpc) is 2.45. The van der Waals surface area contributed by atoms with Crippen molar-refractivity contribution in [3.05, 3.63) is 24.3 Å². The van der Waals surface area contributed by atoms with Crippen molar-refractivity contribution in [2.24, 2.45) is 11.7 Å². The number of alkyl halides is 2. The van der Waals surface area contributed by atoms with E-state index in [4.69, 9.17) is 10.5 Å². The van der Waals surface area contributed by atoms with Gasteiger partial charge in [-0.2, -0.15) is 0 Å². The van der Waals surface area contributed by atoms with E-state index >= 15 is 0 Å². The number of nitrogens with one attached hydrogen (secondary N) is 1. The van der Waals surface area contributed by atoms with Gasteiger partial charge in [-0.3, -0.25) is 4.79 Å². The van der Waals surface area contributed by atoms with Crippen molar-refractivity contribution in [1.82, 2.24) is 0 Å². The van der Waals surface area contributed by atoms with Gasteiger partial charge in [0.05, 0.1) is 0 Å². The molecule has 0 spiro atoms. The maximum Gasteiger partial charge on any atom is 0.248 e. The quantitative estimate of drug-likeness (QED) is 0.878. The molecule has 1 aliphatic carbocycles. The number of amides is 1. The molecule has 1 fully saturated rings. The summed E-state index contributed by atoms with van der Waals surface area (Å²) in [7, 11) is 0. The Bertz CT molecular complexity index is 484. The maximum atomic E-state index is 13.1. The van der Waals surface area contributed by atoms with Gasteiger partial charge in [-0.15, -0.1) is 0 Å². The molecule has 4 nitrogen and oxygen atoms in total. The molecular weight excluding hydrogens is 278 g/mol. The molecule has 21 heavy (non-hydrogen) atoms. The second-order valence-electron chi connectivity index (χ2n) is 5.28. The van der Waals surface area contributed by atoms with Gasteiger partial charge in [-0.25, -0.2) is 8.78 Å². The molecule has 1 aromatic rings. The summed E-state index contributed by atoms with van der Waals surface area (Å²) >= 11 is 0. The molecule has 116 valence electrons. The first-order chi connectivity index (χ1) is 10.00. The fourth-order valence-electron chi connectivity index (χ4n) is 2.39. The van der Waals surface area contributed by atoms with Crippen molar-refractivity contribution in [3.63, 3.8) is 0 Å². The van der Waals surface area contributed by atoms with Crippen LogP contribution in [0, 0.1) is 5.92 Å². The molecule has 0 radical (unpaired) electrons. The number of benzene rings is 1. The van der Waals surface area contributed by atoms with E-state index in [0.29, 0.717) is 24.6 Å². The monoisotopic (exact) mass is 298 g/mol. The highest BCUT2D eigenvalue weighted by Crippen LogP contribution is 2.36. The van der Waals surface area contributed by atoms with Crippen molar-refractivity contribution in [2.75, 3.05) is 18.5 Å². The second-order valence-corrected chi connectivity index (χ2v) is 5.28. The fourth-order valence-corrected chi connectivity index (χ4v) is 2.39. The summed E-state index contributed by atoms with van der Waals surface area (Å²) in [5.74, 6) is -2.56. The Morgan fingerprint density at radius 3 is 2.76 bits per heavy atom. The first-order valence-corrected chi connectivity index (χ1v) is 7.12. The van der Waals surface area contributed by atoms with Crippen molar-refractivity contribution in [2.45, 2.75) is 31.6 Å². The van der Waals surface area contributed by atoms with Crippen LogP contribution < -0.4 is 15.8 Å². The summed E-state index contributed by atoms with van der Waals surface area (Å²) in [6, 6.07) is 6.97. The lowest BCUT2D eigenvalue weighted by atomic mass is 9.86. The third-order valence-corrected chi connectivity index (χ3v) is 3.58. The number of nitrogens with two attached hydrogens (primary N) is 1. The molecule has 0 saturated heterocycles. The minimum absolute atomic E-state index is 0.207. The zero-order valence-corrected chi connectivity index (χ0v) is 11.8. The largest absolute Gasteiger partial charge is 0.492 e. The lowest BCUT2D eigenvalue weighted by molar-refractivity contribution is -0.124. The Morgan fingerprint density at radius 2 is 2.10 bits per heavy atom. The lowest BCUT2D eigenvalue weighted by Crippen LogP contribution is -2.31. The standard InChI is InChI=1S/C15H20F2N2O2/c16-15(17)6-4-11(5-7-15)14(20)19-12-2-1-3-13(10-12)21-9-8-18/h1-3,10-11H,4-9,18H2,(H,19,20). The number of carbonyl (C=O) groups excluding carboxylic acids is 1. The van der Waals surface area contributed by atoms with Gasteiger partial charge in [-0.05, 0) is 25.0 Å². The third-order valence-electron chi connectivity index (χ3n) is 3.58.